The number of fused-ring (bicyclic) bond motifs is 1. The number of rotatable bonds is 11. The number of ether oxygens (including phenoxy) is 2. The van der Waals surface area contributed by atoms with Crippen LogP contribution in [0, 0.1) is 0 Å². The molecule has 0 saturated carbocycles. The van der Waals surface area contributed by atoms with E-state index in [2.05, 4.69) is 4.98 Å². The van der Waals surface area contributed by atoms with Crippen LogP contribution >= 0.6 is 23.4 Å². The molecule has 0 bridgehead atoms. The van der Waals surface area contributed by atoms with Crippen molar-refractivity contribution in [3.05, 3.63) is 34.2 Å². The second-order valence-electron chi connectivity index (χ2n) is 7.21. The van der Waals surface area contributed by atoms with E-state index in [1.54, 1.807) is 16.7 Å². The van der Waals surface area contributed by atoms with E-state index in [0.29, 0.717) is 40.8 Å². The molecule has 1 aliphatic heterocycles. The lowest BCUT2D eigenvalue weighted by Gasteiger charge is -2.13. The third-order valence-electron chi connectivity index (χ3n) is 4.91. The number of hydrogen-bond acceptors (Lipinski definition) is 6. The standard InChI is InChI=1S/C21H25ClN2O6S/c1-3-5-7-16(20(25)26)31-19-18(21(27)28)24(17(23-19)6-4-2)10-12-8-14-15(9-13(12)22)30-11-29-14/h8-9,16H,3-7,10-11H2,1-2H3,(H,25,26)(H,27,28). The van der Waals surface area contributed by atoms with E-state index in [1.165, 1.54) is 0 Å². The number of unbranched alkanes of at least 4 members (excludes halogenated alkanes) is 1. The maximum absolute atomic E-state index is 12.2. The largest absolute Gasteiger partial charge is 0.480 e. The molecule has 0 aliphatic carbocycles. The zero-order chi connectivity index (χ0) is 22.5. The fourth-order valence-corrected chi connectivity index (χ4v) is 4.69. The van der Waals surface area contributed by atoms with Crippen molar-refractivity contribution in [2.24, 2.45) is 0 Å². The van der Waals surface area contributed by atoms with Crippen molar-refractivity contribution in [3.8, 4) is 11.5 Å². The van der Waals surface area contributed by atoms with Crippen LogP contribution in [-0.4, -0.2) is 43.7 Å². The number of carbonyl (C=O) groups is 2. The SMILES string of the molecule is CCCCC(Sc1nc(CCC)n(Cc2cc3c(cc2Cl)OCO3)c1C(=O)O)C(=O)O. The molecule has 1 aromatic carbocycles. The quantitative estimate of drug-likeness (QED) is 0.456. The van der Waals surface area contributed by atoms with E-state index in [-0.39, 0.29) is 24.1 Å². The minimum atomic E-state index is -1.16. The van der Waals surface area contributed by atoms with Crippen molar-refractivity contribution in [2.45, 2.75) is 62.8 Å². The Kier molecular flexibility index (Phi) is 7.72. The van der Waals surface area contributed by atoms with Crippen LogP contribution in [0.25, 0.3) is 0 Å². The summed E-state index contributed by atoms with van der Waals surface area (Å²) in [5, 5.41) is 19.4. The van der Waals surface area contributed by atoms with Crippen molar-refractivity contribution in [2.75, 3.05) is 6.79 Å². The number of aromatic carboxylic acids is 1. The van der Waals surface area contributed by atoms with Crippen molar-refractivity contribution in [3.63, 3.8) is 0 Å². The molecule has 8 nitrogen and oxygen atoms in total. The maximum Gasteiger partial charge on any atom is 0.355 e. The molecule has 0 radical (unpaired) electrons. The summed E-state index contributed by atoms with van der Waals surface area (Å²) in [6.45, 7) is 4.24. The molecule has 0 amide bonds. The van der Waals surface area contributed by atoms with Gasteiger partial charge in [0.1, 0.15) is 16.1 Å². The maximum atomic E-state index is 12.2. The second-order valence-corrected chi connectivity index (χ2v) is 8.81. The summed E-state index contributed by atoms with van der Waals surface area (Å²) in [5.74, 6) is -0.457. The number of benzene rings is 1. The number of aliphatic carboxylic acids is 1. The van der Waals surface area contributed by atoms with Gasteiger partial charge < -0.3 is 24.3 Å². The van der Waals surface area contributed by atoms with Crippen molar-refractivity contribution >= 4 is 35.3 Å². The molecule has 1 unspecified atom stereocenters. The highest BCUT2D eigenvalue weighted by Crippen LogP contribution is 2.38. The first kappa shape index (κ1) is 23.3. The monoisotopic (exact) mass is 468 g/mol. The Hall–Kier alpha value is -2.39. The van der Waals surface area contributed by atoms with Gasteiger partial charge in [-0.25, -0.2) is 9.78 Å². The number of carboxylic acids is 2. The average Bonchev–Trinajstić information content (AvgIpc) is 3.29. The van der Waals surface area contributed by atoms with Crippen LogP contribution in [0.3, 0.4) is 0 Å². The van der Waals surface area contributed by atoms with E-state index in [1.807, 2.05) is 13.8 Å². The van der Waals surface area contributed by atoms with Gasteiger partial charge in [0.15, 0.2) is 17.2 Å². The van der Waals surface area contributed by atoms with Crippen molar-refractivity contribution in [1.29, 1.82) is 0 Å². The molecule has 0 fully saturated rings. The molecule has 1 atom stereocenters. The fourth-order valence-electron chi connectivity index (χ4n) is 3.36. The Morgan fingerprint density at radius 1 is 1.23 bits per heavy atom. The fraction of sp³-hybridized carbons (Fsp3) is 0.476. The topological polar surface area (TPSA) is 111 Å². The number of hydrogen-bond donors (Lipinski definition) is 2. The highest BCUT2D eigenvalue weighted by atomic mass is 35.5. The van der Waals surface area contributed by atoms with Crippen LogP contribution in [-0.2, 0) is 17.8 Å². The molecule has 3 rings (SSSR count). The molecule has 1 aliphatic rings. The van der Waals surface area contributed by atoms with E-state index in [4.69, 9.17) is 21.1 Å². The van der Waals surface area contributed by atoms with Gasteiger partial charge >= 0.3 is 11.9 Å². The predicted molar refractivity (Wildman–Crippen MR) is 117 cm³/mol. The van der Waals surface area contributed by atoms with E-state index in [9.17, 15) is 19.8 Å². The zero-order valence-corrected chi connectivity index (χ0v) is 19.0. The molecule has 10 heteroatoms. The summed E-state index contributed by atoms with van der Waals surface area (Å²) in [6, 6.07) is 3.39. The highest BCUT2D eigenvalue weighted by molar-refractivity contribution is 8.00. The van der Waals surface area contributed by atoms with E-state index < -0.39 is 17.2 Å². The Morgan fingerprint density at radius 3 is 2.55 bits per heavy atom. The zero-order valence-electron chi connectivity index (χ0n) is 17.4. The number of imidazole rings is 1. The normalized spacial score (nSPS) is 13.4. The van der Waals surface area contributed by atoms with Crippen LogP contribution < -0.4 is 9.47 Å². The second kappa shape index (κ2) is 10.3. The number of carboxylic acid groups (broad SMARTS) is 2. The van der Waals surface area contributed by atoms with Gasteiger partial charge in [-0.1, -0.05) is 50.1 Å². The first-order valence-electron chi connectivity index (χ1n) is 10.2. The van der Waals surface area contributed by atoms with Gasteiger partial charge in [0, 0.05) is 17.5 Å². The number of halogens is 1. The molecular weight excluding hydrogens is 444 g/mol. The minimum absolute atomic E-state index is 0.0232. The van der Waals surface area contributed by atoms with E-state index in [0.717, 1.165) is 31.0 Å². The molecule has 2 N–H and O–H groups in total. The molecular formula is C21H25ClN2O6S. The van der Waals surface area contributed by atoms with Crippen molar-refractivity contribution < 1.29 is 29.3 Å². The molecule has 1 aromatic heterocycles. The number of aromatic nitrogens is 2. The highest BCUT2D eigenvalue weighted by Gasteiger charge is 2.28. The lowest BCUT2D eigenvalue weighted by atomic mass is 10.2. The third kappa shape index (κ3) is 5.27. The summed E-state index contributed by atoms with van der Waals surface area (Å²) >= 11 is 7.41. The van der Waals surface area contributed by atoms with Crippen LogP contribution in [0.15, 0.2) is 17.2 Å². The smallest absolute Gasteiger partial charge is 0.355 e. The van der Waals surface area contributed by atoms with Gasteiger partial charge in [0.05, 0.1) is 6.54 Å². The minimum Gasteiger partial charge on any atom is -0.480 e. The molecule has 168 valence electrons. The molecule has 0 saturated heterocycles. The van der Waals surface area contributed by atoms with Crippen LogP contribution in [0.5, 0.6) is 11.5 Å². The first-order chi connectivity index (χ1) is 14.8. The molecule has 2 heterocycles. The van der Waals surface area contributed by atoms with Gasteiger partial charge in [-0.2, -0.15) is 0 Å². The summed E-state index contributed by atoms with van der Waals surface area (Å²) in [7, 11) is 0. The van der Waals surface area contributed by atoms with Gasteiger partial charge in [0.2, 0.25) is 6.79 Å². The molecule has 31 heavy (non-hydrogen) atoms. The first-order valence-corrected chi connectivity index (χ1v) is 11.4. The number of aryl methyl sites for hydroxylation is 1. The Bertz CT molecular complexity index is 977. The predicted octanol–water partition coefficient (Wildman–Crippen LogP) is 4.70. The Morgan fingerprint density at radius 2 is 1.94 bits per heavy atom. The third-order valence-corrected chi connectivity index (χ3v) is 6.49. The number of thioether (sulfide) groups is 1. The van der Waals surface area contributed by atoms with Crippen LogP contribution in [0.4, 0.5) is 0 Å². The van der Waals surface area contributed by atoms with Crippen LogP contribution in [0.1, 0.15) is 61.4 Å². The summed E-state index contributed by atoms with van der Waals surface area (Å²) in [6.07, 6.45) is 3.35. The Labute approximate surface area is 189 Å². The van der Waals surface area contributed by atoms with Gasteiger partial charge in [0.25, 0.3) is 0 Å². The van der Waals surface area contributed by atoms with Gasteiger partial charge in [-0.15, -0.1) is 0 Å². The Balaban J connectivity index is 2.01. The molecule has 0 spiro atoms. The lowest BCUT2D eigenvalue weighted by Crippen LogP contribution is -2.17. The summed E-state index contributed by atoms with van der Waals surface area (Å²) in [5.41, 5.74) is 0.644. The lowest BCUT2D eigenvalue weighted by molar-refractivity contribution is -0.136. The number of nitrogens with zero attached hydrogens (tertiary/aromatic N) is 2. The summed E-state index contributed by atoms with van der Waals surface area (Å²) in [4.78, 5) is 28.4. The van der Waals surface area contributed by atoms with Crippen LogP contribution in [0.2, 0.25) is 5.02 Å². The van der Waals surface area contributed by atoms with Gasteiger partial charge in [-0.05, 0) is 24.5 Å². The van der Waals surface area contributed by atoms with E-state index >= 15 is 0 Å². The molecule has 2 aromatic rings. The summed E-state index contributed by atoms with van der Waals surface area (Å²) < 4.78 is 12.4. The van der Waals surface area contributed by atoms with Gasteiger partial charge in [-0.3, -0.25) is 4.79 Å². The average molecular weight is 469 g/mol. The van der Waals surface area contributed by atoms with Crippen molar-refractivity contribution in [1.82, 2.24) is 9.55 Å².